The number of hydrogen-bond acceptors (Lipinski definition) is 5. The quantitative estimate of drug-likeness (QED) is 0.123. The van der Waals surface area contributed by atoms with E-state index in [2.05, 4.69) is 72.8 Å². The topological polar surface area (TPSA) is 80.0 Å². The number of fused-ring (bicyclic) bond motifs is 9. The van der Waals surface area contributed by atoms with Gasteiger partial charge in [0.15, 0.2) is 23.1 Å². The van der Waals surface area contributed by atoms with Crippen molar-refractivity contribution in [1.29, 1.82) is 0 Å². The van der Waals surface area contributed by atoms with E-state index < -0.39 is 16.6 Å². The highest BCUT2D eigenvalue weighted by molar-refractivity contribution is 6.47. The Labute approximate surface area is 310 Å². The third-order valence-electron chi connectivity index (χ3n) is 10.9. The maximum absolute atomic E-state index is 8.70. The standard InChI is InChI=1S/C46H37BN3O3/c1-44(2,51)45(3,4)53-47-31-26-27-32-37(28-31)46(34-21-11-13-24-38(34)52-39-25-14-12-22-35(39)46)36-23-15-20-33(40(32)36)43-49-41(29-16-7-5-8-17-29)48-42(50-43)30-18-9-6-10-19-30/h5-28,51H,1-4H3/p+1. The van der Waals surface area contributed by atoms with Crippen molar-refractivity contribution in [2.24, 2.45) is 0 Å². The molecule has 1 radical (unpaired) electrons. The van der Waals surface area contributed by atoms with Crippen molar-refractivity contribution in [1.82, 2.24) is 15.0 Å². The van der Waals surface area contributed by atoms with E-state index in [1.807, 2.05) is 100 Å². The zero-order chi connectivity index (χ0) is 36.4. The second-order valence-electron chi connectivity index (χ2n) is 14.8. The number of para-hydroxylation sites is 2. The van der Waals surface area contributed by atoms with Crippen LogP contribution >= 0.6 is 0 Å². The van der Waals surface area contributed by atoms with E-state index in [-0.39, 0.29) is 0 Å². The number of aromatic nitrogens is 3. The number of benzene rings is 6. The van der Waals surface area contributed by atoms with Gasteiger partial charge in [-0.15, -0.1) is 0 Å². The second kappa shape index (κ2) is 12.4. The molecule has 6 nitrogen and oxygen atoms in total. The highest BCUT2D eigenvalue weighted by Crippen LogP contribution is 2.63. The lowest BCUT2D eigenvalue weighted by atomic mass is 9.65. The fraction of sp³-hybridized carbons (Fsp3) is 0.152. The van der Waals surface area contributed by atoms with Gasteiger partial charge in [-0.25, -0.2) is 15.0 Å². The number of rotatable bonds is 7. The molecule has 1 spiro atoms. The van der Waals surface area contributed by atoms with Gasteiger partial charge in [-0.05, 0) is 48.2 Å². The van der Waals surface area contributed by atoms with Crippen LogP contribution in [0.1, 0.15) is 49.9 Å². The summed E-state index contributed by atoms with van der Waals surface area (Å²) in [5.74, 6) is 3.46. The van der Waals surface area contributed by atoms with Crippen molar-refractivity contribution in [3.05, 3.63) is 168 Å². The zero-order valence-electron chi connectivity index (χ0n) is 30.1. The maximum atomic E-state index is 8.70. The molecule has 2 heterocycles. The maximum Gasteiger partial charge on any atom is 0.331 e. The highest BCUT2D eigenvalue weighted by atomic mass is 16.5. The number of nitrogens with zero attached hydrogens (tertiary/aromatic N) is 3. The Balaban J connectivity index is 1.32. The Morgan fingerprint density at radius 1 is 0.547 bits per heavy atom. The molecule has 7 aromatic rings. The molecule has 0 amide bonds. The van der Waals surface area contributed by atoms with Crippen molar-refractivity contribution in [3.63, 3.8) is 0 Å². The number of ether oxygens (including phenoxy) is 1. The van der Waals surface area contributed by atoms with Gasteiger partial charge in [0.05, 0.1) is 5.41 Å². The predicted molar refractivity (Wildman–Crippen MR) is 212 cm³/mol. The first-order valence-corrected chi connectivity index (χ1v) is 17.9. The Kier molecular flexibility index (Phi) is 7.70. The third-order valence-corrected chi connectivity index (χ3v) is 10.9. The van der Waals surface area contributed by atoms with Crippen LogP contribution in [0.4, 0.5) is 0 Å². The normalized spacial score (nSPS) is 13.8. The van der Waals surface area contributed by atoms with Gasteiger partial charge in [0.25, 0.3) is 0 Å². The van der Waals surface area contributed by atoms with Gasteiger partial charge >= 0.3 is 7.48 Å². The summed E-state index contributed by atoms with van der Waals surface area (Å²) in [5.41, 5.74) is 7.95. The Morgan fingerprint density at radius 2 is 1.08 bits per heavy atom. The average molecular weight is 692 g/mol. The minimum atomic E-state index is -0.813. The van der Waals surface area contributed by atoms with E-state index in [0.29, 0.717) is 17.5 Å². The minimum Gasteiger partial charge on any atom is -0.457 e. The fourth-order valence-electron chi connectivity index (χ4n) is 7.52. The third kappa shape index (κ3) is 5.30. The van der Waals surface area contributed by atoms with Crippen molar-refractivity contribution in [3.8, 4) is 56.8 Å². The summed E-state index contributed by atoms with van der Waals surface area (Å²) < 4.78 is 13.0. The summed E-state index contributed by atoms with van der Waals surface area (Å²) in [5, 5.41) is 8.70. The first-order chi connectivity index (χ1) is 25.6. The van der Waals surface area contributed by atoms with E-state index in [0.717, 1.165) is 67.0 Å². The van der Waals surface area contributed by atoms with E-state index >= 15 is 0 Å². The van der Waals surface area contributed by atoms with Gasteiger partial charge in [0, 0.05) is 41.7 Å². The molecule has 0 atom stereocenters. The van der Waals surface area contributed by atoms with Crippen LogP contribution in [-0.4, -0.2) is 38.7 Å². The monoisotopic (exact) mass is 691 g/mol. The van der Waals surface area contributed by atoms with E-state index in [9.17, 15) is 0 Å². The molecule has 0 saturated heterocycles. The summed E-state index contributed by atoms with van der Waals surface area (Å²) in [6.07, 6.45) is 0. The molecular weight excluding hydrogens is 653 g/mol. The second-order valence-corrected chi connectivity index (χ2v) is 14.8. The van der Waals surface area contributed by atoms with E-state index in [1.54, 1.807) is 7.48 Å². The lowest BCUT2D eigenvalue weighted by molar-refractivity contribution is -0.0893. The molecule has 1 aromatic heterocycles. The molecule has 1 aliphatic carbocycles. The molecular formula is C46H38BN3O3+. The zero-order valence-corrected chi connectivity index (χ0v) is 30.1. The highest BCUT2D eigenvalue weighted by Gasteiger charge is 2.52. The Bertz CT molecular complexity index is 2410. The molecule has 0 bridgehead atoms. The summed E-state index contributed by atoms with van der Waals surface area (Å²) in [6.45, 7) is 7.67. The van der Waals surface area contributed by atoms with Crippen molar-refractivity contribution in [2.45, 2.75) is 44.3 Å². The van der Waals surface area contributed by atoms with E-state index in [1.165, 1.54) is 0 Å². The average Bonchev–Trinajstić information content (AvgIpc) is 3.47. The van der Waals surface area contributed by atoms with Gasteiger partial charge in [0.1, 0.15) is 17.1 Å². The first-order valence-electron chi connectivity index (χ1n) is 17.9. The smallest absolute Gasteiger partial charge is 0.331 e. The van der Waals surface area contributed by atoms with Crippen LogP contribution in [0.2, 0.25) is 0 Å². The first kappa shape index (κ1) is 33.0. The van der Waals surface area contributed by atoms with Gasteiger partial charge in [-0.2, -0.15) is 0 Å². The Morgan fingerprint density at radius 3 is 1.66 bits per heavy atom. The van der Waals surface area contributed by atoms with Crippen LogP contribution in [0.15, 0.2) is 146 Å². The SMILES string of the molecule is CC(C)([OH2+])C(C)(C)O[B]c1ccc2c(c1)C1(c3ccccc3Oc3ccccc31)c1cccc(-c3nc(-c4ccccc4)nc(-c4ccccc4)n3)c1-2. The fourth-order valence-corrected chi connectivity index (χ4v) is 7.52. The molecule has 7 heteroatoms. The summed E-state index contributed by atoms with van der Waals surface area (Å²) >= 11 is 0. The van der Waals surface area contributed by atoms with Gasteiger partial charge < -0.3 is 14.5 Å². The summed E-state index contributed by atoms with van der Waals surface area (Å²) in [4.78, 5) is 15.3. The van der Waals surface area contributed by atoms with Crippen molar-refractivity contribution < 1.29 is 14.5 Å². The molecule has 2 N–H and O–H groups in total. The van der Waals surface area contributed by atoms with Crippen LogP contribution < -0.4 is 10.2 Å². The Hall–Kier alpha value is -5.89. The van der Waals surface area contributed by atoms with Crippen LogP contribution in [-0.2, 0) is 10.1 Å². The predicted octanol–water partition coefficient (Wildman–Crippen LogP) is 8.88. The molecule has 2 aliphatic rings. The molecule has 53 heavy (non-hydrogen) atoms. The van der Waals surface area contributed by atoms with Crippen LogP contribution in [0, 0.1) is 0 Å². The molecule has 257 valence electrons. The van der Waals surface area contributed by atoms with Crippen LogP contribution in [0.5, 0.6) is 11.5 Å². The van der Waals surface area contributed by atoms with Crippen LogP contribution in [0.3, 0.4) is 0 Å². The van der Waals surface area contributed by atoms with E-state index in [4.69, 9.17) is 29.4 Å². The van der Waals surface area contributed by atoms with Gasteiger partial charge in [0.2, 0.25) is 0 Å². The van der Waals surface area contributed by atoms with Crippen LogP contribution in [0.25, 0.3) is 45.3 Å². The summed E-state index contributed by atoms with van der Waals surface area (Å²) in [6, 6.07) is 49.9. The molecule has 0 fully saturated rings. The van der Waals surface area contributed by atoms with Crippen molar-refractivity contribution >= 4 is 12.9 Å². The van der Waals surface area contributed by atoms with Gasteiger partial charge in [-0.1, -0.05) is 139 Å². The largest absolute Gasteiger partial charge is 0.457 e. The molecule has 1 aliphatic heterocycles. The molecule has 0 saturated carbocycles. The lowest BCUT2D eigenvalue weighted by Gasteiger charge is -2.39. The molecule has 6 aromatic carbocycles. The lowest BCUT2D eigenvalue weighted by Crippen LogP contribution is -2.49. The number of hydrogen-bond donors (Lipinski definition) is 0. The van der Waals surface area contributed by atoms with Crippen molar-refractivity contribution in [2.75, 3.05) is 0 Å². The molecule has 9 rings (SSSR count). The summed E-state index contributed by atoms with van der Waals surface area (Å²) in [7, 11) is 1.80. The minimum absolute atomic E-state index is 0.601. The van der Waals surface area contributed by atoms with Gasteiger partial charge in [-0.3, -0.25) is 0 Å². The molecule has 0 unspecified atom stereocenters.